The Bertz CT molecular complexity index is 1180. The van der Waals surface area contributed by atoms with Crippen molar-refractivity contribution in [3.05, 3.63) is 18.5 Å². The number of aromatic nitrogens is 2. The van der Waals surface area contributed by atoms with Crippen LogP contribution in [0, 0.1) is 0 Å². The number of hydrogen-bond acceptors (Lipinski definition) is 9. The predicted octanol–water partition coefficient (Wildman–Crippen LogP) is 2.46. The van der Waals surface area contributed by atoms with E-state index in [0.29, 0.717) is 36.4 Å². The second kappa shape index (κ2) is 9.06. The van der Waals surface area contributed by atoms with E-state index >= 15 is 0 Å². The number of nitrogens with zero attached hydrogens (tertiary/aromatic N) is 4. The smallest absolute Gasteiger partial charge is 0.422 e. The Labute approximate surface area is 199 Å². The zero-order valence-corrected chi connectivity index (χ0v) is 20.9. The lowest BCUT2D eigenvalue weighted by molar-refractivity contribution is 0.0565. The van der Waals surface area contributed by atoms with Crippen molar-refractivity contribution in [3.63, 3.8) is 0 Å². The van der Waals surface area contributed by atoms with Gasteiger partial charge < -0.3 is 19.1 Å². The Morgan fingerprint density at radius 3 is 2.41 bits per heavy atom. The van der Waals surface area contributed by atoms with Gasteiger partial charge in [0.2, 0.25) is 0 Å². The Kier molecular flexibility index (Phi) is 6.47. The Hall–Kier alpha value is -2.86. The van der Waals surface area contributed by atoms with Crippen molar-refractivity contribution in [2.24, 2.45) is 0 Å². The van der Waals surface area contributed by atoms with E-state index in [-0.39, 0.29) is 18.6 Å². The number of nitrogens with one attached hydrogen (secondary N) is 1. The van der Waals surface area contributed by atoms with Crippen LogP contribution in [0.4, 0.5) is 10.6 Å². The zero-order valence-electron chi connectivity index (χ0n) is 20.1. The van der Waals surface area contributed by atoms with Crippen LogP contribution in [0.1, 0.15) is 40.0 Å². The summed E-state index contributed by atoms with van der Waals surface area (Å²) in [6, 6.07) is 3.32. The molecule has 11 nitrogen and oxygen atoms in total. The lowest BCUT2D eigenvalue weighted by Crippen LogP contribution is -2.54. The van der Waals surface area contributed by atoms with E-state index in [9.17, 15) is 13.2 Å². The summed E-state index contributed by atoms with van der Waals surface area (Å²) in [6.45, 7) is 5.90. The number of carbonyl (C=O) groups is 1. The van der Waals surface area contributed by atoms with Gasteiger partial charge in [0.05, 0.1) is 19.7 Å². The molecule has 1 N–H and O–H groups in total. The van der Waals surface area contributed by atoms with Gasteiger partial charge in [-0.15, -0.1) is 0 Å². The molecule has 0 saturated carbocycles. The summed E-state index contributed by atoms with van der Waals surface area (Å²) < 4.78 is 45.6. The van der Waals surface area contributed by atoms with Crippen LogP contribution in [-0.2, 0) is 14.9 Å². The maximum Gasteiger partial charge on any atom is 0.422 e. The number of benzene rings is 1. The molecule has 3 fully saturated rings. The first kappa shape index (κ1) is 24.3. The molecule has 0 aliphatic carbocycles. The highest BCUT2D eigenvalue weighted by molar-refractivity contribution is 7.87. The third-order valence-electron chi connectivity index (χ3n) is 6.09. The molecule has 1 aromatic carbocycles. The van der Waals surface area contributed by atoms with Crippen molar-refractivity contribution in [2.45, 2.75) is 57.7 Å². The van der Waals surface area contributed by atoms with Gasteiger partial charge in [-0.1, -0.05) is 0 Å². The molecule has 2 bridgehead atoms. The van der Waals surface area contributed by atoms with Crippen LogP contribution in [0.3, 0.4) is 0 Å². The first-order chi connectivity index (χ1) is 16.0. The third kappa shape index (κ3) is 4.83. The lowest BCUT2D eigenvalue weighted by atomic mass is 10.0. The van der Waals surface area contributed by atoms with Gasteiger partial charge in [-0.3, -0.25) is 0 Å². The van der Waals surface area contributed by atoms with Crippen LogP contribution in [0.2, 0.25) is 0 Å². The lowest BCUT2D eigenvalue weighted by Gasteiger charge is -2.38. The number of piperidine rings is 1. The van der Waals surface area contributed by atoms with Crippen LogP contribution >= 0.6 is 0 Å². The minimum absolute atomic E-state index is 0.111. The summed E-state index contributed by atoms with van der Waals surface area (Å²) in [4.78, 5) is 23.2. The Balaban J connectivity index is 1.62. The first-order valence-electron chi connectivity index (χ1n) is 11.2. The largest absolute Gasteiger partial charge is 0.493 e. The van der Waals surface area contributed by atoms with Crippen LogP contribution < -0.4 is 19.1 Å². The highest BCUT2D eigenvalue weighted by Crippen LogP contribution is 2.38. The molecule has 3 aliphatic rings. The molecular weight excluding hydrogens is 462 g/mol. The zero-order chi connectivity index (χ0) is 24.7. The maximum atomic E-state index is 13.1. The van der Waals surface area contributed by atoms with Crippen molar-refractivity contribution in [3.8, 4) is 11.5 Å². The molecular formula is C22H31N5O6S. The minimum atomic E-state index is -4.06. The van der Waals surface area contributed by atoms with Crippen molar-refractivity contribution in [2.75, 3.05) is 32.2 Å². The maximum absolute atomic E-state index is 13.1. The second-order valence-corrected chi connectivity index (χ2v) is 11.1. The standard InChI is InChI=1S/C22H31N5O6S/c1-22(2,3)33-21(28)25-34(29,30)27-12-15-7-6-14(27)8-9-26(15)20-16-10-18(31-4)19(32-5)11-17(16)23-13-24-20/h10-11,13-15H,6-9,12H2,1-5H3,(H,25,28). The van der Waals surface area contributed by atoms with Gasteiger partial charge in [-0.2, -0.15) is 12.7 Å². The molecule has 3 aliphatic heterocycles. The normalized spacial score (nSPS) is 21.3. The molecule has 3 saturated heterocycles. The van der Waals surface area contributed by atoms with Gasteiger partial charge in [-0.25, -0.2) is 19.5 Å². The molecule has 4 heterocycles. The first-order valence-corrected chi connectivity index (χ1v) is 12.6. The number of ether oxygens (including phenoxy) is 3. The number of fused-ring (bicyclic) bond motifs is 5. The monoisotopic (exact) mass is 493 g/mol. The number of anilines is 1. The molecule has 0 spiro atoms. The number of carbonyl (C=O) groups excluding carboxylic acids is 1. The van der Waals surface area contributed by atoms with Gasteiger partial charge in [0.15, 0.2) is 11.5 Å². The van der Waals surface area contributed by atoms with E-state index < -0.39 is 21.9 Å². The minimum Gasteiger partial charge on any atom is -0.493 e. The highest BCUT2D eigenvalue weighted by atomic mass is 32.2. The summed E-state index contributed by atoms with van der Waals surface area (Å²) in [5, 5.41) is 0.798. The Morgan fingerprint density at radius 2 is 1.74 bits per heavy atom. The van der Waals surface area contributed by atoms with E-state index in [0.717, 1.165) is 17.6 Å². The number of methoxy groups -OCH3 is 2. The molecule has 1 aromatic heterocycles. The summed E-state index contributed by atoms with van der Waals surface area (Å²) in [6.07, 6.45) is 2.62. The number of rotatable bonds is 5. The van der Waals surface area contributed by atoms with Crippen molar-refractivity contribution >= 4 is 33.0 Å². The molecule has 186 valence electrons. The average molecular weight is 494 g/mol. The fourth-order valence-corrected chi connectivity index (χ4v) is 5.97. The predicted molar refractivity (Wildman–Crippen MR) is 126 cm³/mol. The van der Waals surface area contributed by atoms with Crippen LogP contribution in [0.25, 0.3) is 10.9 Å². The fraction of sp³-hybridized carbons (Fsp3) is 0.591. The van der Waals surface area contributed by atoms with E-state index in [2.05, 4.69) is 19.6 Å². The molecule has 34 heavy (non-hydrogen) atoms. The number of amides is 1. The molecule has 5 rings (SSSR count). The molecule has 1 amide bonds. The number of hydrogen-bond donors (Lipinski definition) is 1. The summed E-state index contributed by atoms with van der Waals surface area (Å²) >= 11 is 0. The van der Waals surface area contributed by atoms with Crippen molar-refractivity contribution < 1.29 is 27.4 Å². The second-order valence-electron chi connectivity index (χ2n) is 9.47. The molecule has 0 radical (unpaired) electrons. The Morgan fingerprint density at radius 1 is 1.06 bits per heavy atom. The molecule has 2 unspecified atom stereocenters. The van der Waals surface area contributed by atoms with Gasteiger partial charge in [-0.05, 0) is 46.1 Å². The summed E-state index contributed by atoms with van der Waals surface area (Å²) in [7, 11) is -0.925. The van der Waals surface area contributed by atoms with Crippen LogP contribution in [0.15, 0.2) is 18.5 Å². The fourth-order valence-electron chi connectivity index (χ4n) is 4.62. The van der Waals surface area contributed by atoms with Crippen molar-refractivity contribution in [1.29, 1.82) is 0 Å². The quantitative estimate of drug-likeness (QED) is 0.669. The van der Waals surface area contributed by atoms with Gasteiger partial charge in [0.25, 0.3) is 0 Å². The molecule has 12 heteroatoms. The third-order valence-corrected chi connectivity index (χ3v) is 7.58. The van der Waals surface area contributed by atoms with Gasteiger partial charge in [0.1, 0.15) is 17.7 Å². The van der Waals surface area contributed by atoms with E-state index in [1.165, 1.54) is 10.6 Å². The molecule has 2 atom stereocenters. The highest BCUT2D eigenvalue weighted by Gasteiger charge is 2.43. The average Bonchev–Trinajstić information content (AvgIpc) is 3.08. The SMILES string of the molecule is COc1cc2ncnc(N3CCC4CCC3CN4S(=O)(=O)NC(=O)OC(C)(C)C)c2cc1OC. The van der Waals surface area contributed by atoms with Crippen molar-refractivity contribution in [1.82, 2.24) is 19.0 Å². The summed E-state index contributed by atoms with van der Waals surface area (Å²) in [5.41, 5.74) is -0.0936. The van der Waals surface area contributed by atoms with Crippen LogP contribution in [-0.4, -0.2) is 73.8 Å². The van der Waals surface area contributed by atoms with E-state index in [1.807, 2.05) is 6.07 Å². The van der Waals surface area contributed by atoms with Gasteiger partial charge in [0, 0.05) is 36.6 Å². The van der Waals surface area contributed by atoms with Crippen LogP contribution in [0.5, 0.6) is 11.5 Å². The van der Waals surface area contributed by atoms with E-state index in [4.69, 9.17) is 14.2 Å². The molecule has 2 aromatic rings. The summed E-state index contributed by atoms with van der Waals surface area (Å²) in [5.74, 6) is 1.86. The van der Waals surface area contributed by atoms with Gasteiger partial charge >= 0.3 is 16.3 Å². The topological polar surface area (TPSA) is 123 Å². The van der Waals surface area contributed by atoms with E-state index in [1.54, 1.807) is 41.1 Å².